The van der Waals surface area contributed by atoms with E-state index in [4.69, 9.17) is 4.74 Å². The minimum atomic E-state index is -0.521. The first-order chi connectivity index (χ1) is 13.9. The van der Waals surface area contributed by atoms with Crippen LogP contribution in [0.5, 0.6) is 0 Å². The number of halogens is 1. The highest BCUT2D eigenvalue weighted by molar-refractivity contribution is 5.88. The van der Waals surface area contributed by atoms with Crippen LogP contribution in [0.4, 0.5) is 10.1 Å². The molecule has 0 unspecified atom stereocenters. The lowest BCUT2D eigenvalue weighted by Crippen LogP contribution is -2.36. The van der Waals surface area contributed by atoms with Crippen LogP contribution in [-0.2, 0) is 32.1 Å². The Morgan fingerprint density at radius 1 is 1.10 bits per heavy atom. The Bertz CT molecular complexity index is 894. The van der Waals surface area contributed by atoms with Crippen molar-refractivity contribution in [2.24, 2.45) is 0 Å². The molecule has 0 spiro atoms. The Balaban J connectivity index is 1.51. The van der Waals surface area contributed by atoms with Crippen molar-refractivity contribution in [3.63, 3.8) is 0 Å². The molecule has 6 nitrogen and oxygen atoms in total. The number of anilines is 1. The molecule has 0 saturated heterocycles. The number of amides is 2. The van der Waals surface area contributed by atoms with Gasteiger partial charge < -0.3 is 15.0 Å². The second kappa shape index (κ2) is 9.32. The van der Waals surface area contributed by atoms with Crippen LogP contribution in [0.2, 0.25) is 0 Å². The number of benzene rings is 2. The molecule has 1 aliphatic carbocycles. The van der Waals surface area contributed by atoms with E-state index in [0.717, 1.165) is 12.8 Å². The number of nitrogens with zero attached hydrogens (tertiary/aromatic N) is 1. The van der Waals surface area contributed by atoms with Gasteiger partial charge in [-0.1, -0.05) is 30.3 Å². The number of esters is 1. The van der Waals surface area contributed by atoms with Crippen molar-refractivity contribution in [1.82, 2.24) is 4.90 Å². The van der Waals surface area contributed by atoms with Crippen LogP contribution in [0.25, 0.3) is 0 Å². The third kappa shape index (κ3) is 6.14. The summed E-state index contributed by atoms with van der Waals surface area (Å²) in [4.78, 5) is 37.2. The molecule has 0 heterocycles. The van der Waals surface area contributed by atoms with Crippen molar-refractivity contribution in [1.29, 1.82) is 0 Å². The summed E-state index contributed by atoms with van der Waals surface area (Å²) in [7, 11) is 0. The number of nitrogens with one attached hydrogen (secondary N) is 1. The topological polar surface area (TPSA) is 75.7 Å². The van der Waals surface area contributed by atoms with E-state index in [-0.39, 0.29) is 43.2 Å². The quantitative estimate of drug-likeness (QED) is 0.694. The zero-order valence-electron chi connectivity index (χ0n) is 16.2. The van der Waals surface area contributed by atoms with E-state index in [1.165, 1.54) is 13.0 Å². The molecule has 0 aliphatic heterocycles. The van der Waals surface area contributed by atoms with E-state index in [2.05, 4.69) is 5.32 Å². The van der Waals surface area contributed by atoms with Crippen LogP contribution in [0, 0.1) is 5.82 Å². The highest BCUT2D eigenvalue weighted by Gasteiger charge is 2.33. The van der Waals surface area contributed by atoms with E-state index >= 15 is 0 Å². The minimum Gasteiger partial charge on any atom is -0.455 e. The zero-order chi connectivity index (χ0) is 20.8. The smallest absolute Gasteiger partial charge is 0.310 e. The first-order valence-electron chi connectivity index (χ1n) is 9.47. The molecular weight excluding hydrogens is 375 g/mol. The second-order valence-electron chi connectivity index (χ2n) is 7.06. The fourth-order valence-corrected chi connectivity index (χ4v) is 2.97. The molecular formula is C22H23FN2O4. The Labute approximate surface area is 168 Å². The van der Waals surface area contributed by atoms with Gasteiger partial charge in [0.2, 0.25) is 5.91 Å². The zero-order valence-corrected chi connectivity index (χ0v) is 16.2. The minimum absolute atomic E-state index is 0.0182. The maximum atomic E-state index is 13.9. The molecule has 0 radical (unpaired) electrons. The van der Waals surface area contributed by atoms with Gasteiger partial charge in [-0.05, 0) is 36.6 Å². The fraction of sp³-hybridized carbons (Fsp3) is 0.318. The number of hydrogen-bond acceptors (Lipinski definition) is 4. The van der Waals surface area contributed by atoms with Crippen molar-refractivity contribution >= 4 is 23.5 Å². The number of carbonyl (C=O) groups is 3. The van der Waals surface area contributed by atoms with E-state index in [1.807, 2.05) is 0 Å². The summed E-state index contributed by atoms with van der Waals surface area (Å²) < 4.78 is 19.0. The summed E-state index contributed by atoms with van der Waals surface area (Å²) in [5.74, 6) is -1.38. The standard InChI is InChI=1S/C22H23FN2O4/c1-15(26)24-18-8-6-16(7-9-18)12-22(28)29-14-21(27)25(19-10-11-19)13-17-4-2-3-5-20(17)23/h2-9,19H,10-14H2,1H3,(H,24,26). The Kier molecular flexibility index (Phi) is 6.59. The molecule has 0 atom stereocenters. The maximum absolute atomic E-state index is 13.9. The number of rotatable bonds is 8. The molecule has 2 amide bonds. The van der Waals surface area contributed by atoms with E-state index in [0.29, 0.717) is 16.8 Å². The summed E-state index contributed by atoms with van der Waals surface area (Å²) in [5.41, 5.74) is 1.79. The van der Waals surface area contributed by atoms with Gasteiger partial charge in [-0.25, -0.2) is 4.39 Å². The van der Waals surface area contributed by atoms with E-state index < -0.39 is 5.97 Å². The van der Waals surface area contributed by atoms with Gasteiger partial charge in [0.25, 0.3) is 5.91 Å². The molecule has 29 heavy (non-hydrogen) atoms. The first-order valence-corrected chi connectivity index (χ1v) is 9.47. The molecule has 1 fully saturated rings. The molecule has 1 saturated carbocycles. The van der Waals surface area contributed by atoms with Gasteiger partial charge in [-0.15, -0.1) is 0 Å². The highest BCUT2D eigenvalue weighted by atomic mass is 19.1. The molecule has 0 aromatic heterocycles. The average molecular weight is 398 g/mol. The van der Waals surface area contributed by atoms with Gasteiger partial charge in [0, 0.05) is 30.8 Å². The van der Waals surface area contributed by atoms with Crippen LogP contribution in [0.3, 0.4) is 0 Å². The summed E-state index contributed by atoms with van der Waals surface area (Å²) in [6, 6.07) is 13.2. The van der Waals surface area contributed by atoms with Crippen molar-refractivity contribution in [3.8, 4) is 0 Å². The molecule has 2 aromatic rings. The number of ether oxygens (including phenoxy) is 1. The largest absolute Gasteiger partial charge is 0.455 e. The predicted molar refractivity (Wildman–Crippen MR) is 105 cm³/mol. The molecule has 1 N–H and O–H groups in total. The molecule has 0 bridgehead atoms. The van der Waals surface area contributed by atoms with Gasteiger partial charge in [-0.3, -0.25) is 14.4 Å². The van der Waals surface area contributed by atoms with E-state index in [1.54, 1.807) is 47.4 Å². The average Bonchev–Trinajstić information content (AvgIpc) is 3.52. The van der Waals surface area contributed by atoms with Crippen LogP contribution in [-0.4, -0.2) is 35.3 Å². The fourth-order valence-electron chi connectivity index (χ4n) is 2.97. The van der Waals surface area contributed by atoms with Crippen LogP contribution in [0.15, 0.2) is 48.5 Å². The molecule has 3 rings (SSSR count). The van der Waals surface area contributed by atoms with Gasteiger partial charge >= 0.3 is 5.97 Å². The monoisotopic (exact) mass is 398 g/mol. The Morgan fingerprint density at radius 3 is 2.41 bits per heavy atom. The van der Waals surface area contributed by atoms with Crippen molar-refractivity contribution in [3.05, 3.63) is 65.5 Å². The number of carbonyl (C=O) groups excluding carboxylic acids is 3. The normalized spacial score (nSPS) is 12.9. The first kappa shape index (κ1) is 20.5. The Morgan fingerprint density at radius 2 is 1.79 bits per heavy atom. The Hall–Kier alpha value is -3.22. The second-order valence-corrected chi connectivity index (χ2v) is 7.06. The van der Waals surface area contributed by atoms with Gasteiger partial charge in [-0.2, -0.15) is 0 Å². The van der Waals surface area contributed by atoms with Gasteiger partial charge in [0.05, 0.1) is 6.42 Å². The third-order valence-corrected chi connectivity index (χ3v) is 4.59. The summed E-state index contributed by atoms with van der Waals surface area (Å²) in [6.07, 6.45) is 1.76. The lowest BCUT2D eigenvalue weighted by atomic mass is 10.1. The van der Waals surface area contributed by atoms with E-state index in [9.17, 15) is 18.8 Å². The van der Waals surface area contributed by atoms with Crippen molar-refractivity contribution in [2.75, 3.05) is 11.9 Å². The van der Waals surface area contributed by atoms with Crippen molar-refractivity contribution in [2.45, 2.75) is 38.8 Å². The molecule has 2 aromatic carbocycles. The lowest BCUT2D eigenvalue weighted by Gasteiger charge is -2.22. The highest BCUT2D eigenvalue weighted by Crippen LogP contribution is 2.29. The summed E-state index contributed by atoms with van der Waals surface area (Å²) in [6.45, 7) is 1.21. The summed E-state index contributed by atoms with van der Waals surface area (Å²) >= 11 is 0. The van der Waals surface area contributed by atoms with Gasteiger partial charge in [0.15, 0.2) is 6.61 Å². The van der Waals surface area contributed by atoms with Gasteiger partial charge in [0.1, 0.15) is 5.82 Å². The third-order valence-electron chi connectivity index (χ3n) is 4.59. The predicted octanol–water partition coefficient (Wildman–Crippen LogP) is 3.06. The van der Waals surface area contributed by atoms with Crippen molar-refractivity contribution < 1.29 is 23.5 Å². The lowest BCUT2D eigenvalue weighted by molar-refractivity contribution is -0.152. The summed E-state index contributed by atoms with van der Waals surface area (Å²) in [5, 5.41) is 2.65. The molecule has 152 valence electrons. The van der Waals surface area contributed by atoms with Crippen LogP contribution in [0.1, 0.15) is 30.9 Å². The van der Waals surface area contributed by atoms with Crippen LogP contribution >= 0.6 is 0 Å². The SMILES string of the molecule is CC(=O)Nc1ccc(CC(=O)OCC(=O)N(Cc2ccccc2F)C2CC2)cc1. The molecule has 1 aliphatic rings. The van der Waals surface area contributed by atoms with Crippen LogP contribution < -0.4 is 5.32 Å². The molecule has 7 heteroatoms. The maximum Gasteiger partial charge on any atom is 0.310 e. The number of hydrogen-bond donors (Lipinski definition) is 1.